The molecule has 17 nitrogen and oxygen atoms in total. The molecule has 4 aromatic heterocycles. The van der Waals surface area contributed by atoms with E-state index < -0.39 is 18.7 Å². The third kappa shape index (κ3) is 14.3. The van der Waals surface area contributed by atoms with E-state index in [4.69, 9.17) is 42.7 Å². The number of hydrogen-bond donors (Lipinski definition) is 3. The van der Waals surface area contributed by atoms with Gasteiger partial charge in [0.05, 0.1) is 66.3 Å². The topological polar surface area (TPSA) is 204 Å². The SMILES string of the molecule is CC(C)Oc1cc(CO)cc2sc(NC3C4CCC3CC(OCc3c(-c5ccccc5OC(F)(F)F)noc3C3CC3)C4)nc12.COC(=O)c1cc(OC(C)C)c2nc(NC3C4CCC3CC(OCc3c(-c5ccccc5OC(F)(F)F)noc3C3CC3)C4)sc2c1. The highest BCUT2D eigenvalue weighted by atomic mass is 32.1. The highest BCUT2D eigenvalue weighted by Gasteiger charge is 2.46. The van der Waals surface area contributed by atoms with Crippen LogP contribution in [0.5, 0.6) is 23.0 Å². The standard InChI is InChI=1S/C34H36F3N3O6S.C33H36F3N3O5S/c1-17(2)44-26-14-21(32(41)42-3)15-27-30(26)39-33(47-27)38-28-19-10-11-20(28)13-22(12-19)43-16-24-29(40-46-31(24)18-8-9-18)23-6-4-5-7-25(23)45-34(35,36)37;1-17(2)42-26-11-18(15-40)12-27-30(26)38-32(45-27)37-28-20-9-10-21(28)14-22(13-20)41-16-24-29(39-44-31(24)19-7-8-19)23-5-3-4-6-25(23)43-33(34,35)36/h4-7,14-15,17-20,22,28H,8-13,16H2,1-3H3,(H,38,39);3-6,11-12,17,19-22,28,40H,7-10,13-16H2,1-2H3,(H,37,38). The van der Waals surface area contributed by atoms with E-state index >= 15 is 0 Å². The van der Waals surface area contributed by atoms with Gasteiger partial charge in [0.15, 0.2) is 10.3 Å². The van der Waals surface area contributed by atoms with Crippen LogP contribution in [0.3, 0.4) is 0 Å². The molecule has 14 rings (SSSR count). The van der Waals surface area contributed by atoms with E-state index in [1.54, 1.807) is 47.7 Å². The summed E-state index contributed by atoms with van der Waals surface area (Å²) in [5.74, 6) is 3.53. The molecule has 0 radical (unpaired) electrons. The highest BCUT2D eigenvalue weighted by molar-refractivity contribution is 7.22. The summed E-state index contributed by atoms with van der Waals surface area (Å²) in [6, 6.07) is 19.8. The summed E-state index contributed by atoms with van der Waals surface area (Å²) in [5, 5.41) is 27.2. The molecule has 4 bridgehead atoms. The molecule has 25 heteroatoms. The number of para-hydroxylation sites is 2. The number of methoxy groups -OCH3 is 1. The number of anilines is 2. The zero-order valence-corrected chi connectivity index (χ0v) is 53.0. The Bertz CT molecular complexity index is 3910. The van der Waals surface area contributed by atoms with Crippen molar-refractivity contribution in [3.63, 3.8) is 0 Å². The summed E-state index contributed by atoms with van der Waals surface area (Å²) in [6.07, 6.45) is 1.85. The Kier molecular flexibility index (Phi) is 18.2. The Morgan fingerprint density at radius 1 is 0.598 bits per heavy atom. The number of fused-ring (bicyclic) bond motifs is 6. The number of ether oxygens (including phenoxy) is 7. The largest absolute Gasteiger partial charge is 0.573 e. The van der Waals surface area contributed by atoms with Crippen molar-refractivity contribution < 1.29 is 78.4 Å². The van der Waals surface area contributed by atoms with E-state index in [1.807, 2.05) is 39.8 Å². The average Bonchev–Trinajstić information content (AvgIpc) is 1.73. The van der Waals surface area contributed by atoms with Gasteiger partial charge < -0.3 is 57.9 Å². The molecule has 4 aromatic carbocycles. The van der Waals surface area contributed by atoms with Crippen LogP contribution < -0.4 is 29.6 Å². The number of aliphatic hydroxyl groups is 1. The number of alkyl halides is 6. The van der Waals surface area contributed by atoms with Gasteiger partial charge in [0.2, 0.25) is 0 Å². The van der Waals surface area contributed by atoms with Crippen LogP contribution in [-0.2, 0) is 34.0 Å². The van der Waals surface area contributed by atoms with E-state index in [1.165, 1.54) is 42.7 Å². The Morgan fingerprint density at radius 2 is 1.02 bits per heavy atom. The summed E-state index contributed by atoms with van der Waals surface area (Å²) in [5.41, 5.74) is 5.26. The van der Waals surface area contributed by atoms with Crippen LogP contribution in [0, 0.1) is 23.7 Å². The van der Waals surface area contributed by atoms with Gasteiger partial charge in [-0.05, 0) is 183 Å². The van der Waals surface area contributed by atoms with Gasteiger partial charge in [0, 0.05) is 46.2 Å². The van der Waals surface area contributed by atoms with Crippen LogP contribution in [0.2, 0.25) is 0 Å². The number of aliphatic hydroxyl groups excluding tert-OH is 1. The molecule has 6 aliphatic rings. The van der Waals surface area contributed by atoms with Gasteiger partial charge in [-0.1, -0.05) is 57.3 Å². The lowest BCUT2D eigenvalue weighted by Crippen LogP contribution is -2.39. The molecule has 4 unspecified atom stereocenters. The predicted molar refractivity (Wildman–Crippen MR) is 332 cm³/mol. The van der Waals surface area contributed by atoms with Gasteiger partial charge in [-0.15, -0.1) is 26.3 Å². The lowest BCUT2D eigenvalue weighted by atomic mass is 9.82. The first-order valence-electron chi connectivity index (χ1n) is 31.5. The minimum absolute atomic E-state index is 0.00829. The zero-order valence-electron chi connectivity index (χ0n) is 51.4. The number of benzene rings is 4. The Morgan fingerprint density at radius 3 is 1.42 bits per heavy atom. The van der Waals surface area contributed by atoms with Crippen LogP contribution in [-0.4, -0.2) is 87.7 Å². The molecule has 6 aliphatic carbocycles. The molecule has 0 spiro atoms. The molecule has 4 atom stereocenters. The van der Waals surface area contributed by atoms with Crippen molar-refractivity contribution in [3.8, 4) is 45.5 Å². The van der Waals surface area contributed by atoms with Crippen molar-refractivity contribution in [2.24, 2.45) is 23.7 Å². The third-order valence-corrected chi connectivity index (χ3v) is 20.1. The van der Waals surface area contributed by atoms with E-state index in [0.717, 1.165) is 108 Å². The second kappa shape index (κ2) is 26.3. The molecule has 3 N–H and O–H groups in total. The first kappa shape index (κ1) is 63.6. The van der Waals surface area contributed by atoms with Gasteiger partial charge >= 0.3 is 18.7 Å². The number of nitrogens with one attached hydrogen (secondary N) is 2. The van der Waals surface area contributed by atoms with Crippen molar-refractivity contribution in [1.29, 1.82) is 0 Å². The van der Waals surface area contributed by atoms with Crippen molar-refractivity contribution in [3.05, 3.63) is 107 Å². The molecule has 0 amide bonds. The molecular formula is C67H72F6N6O11S2. The second-order valence-electron chi connectivity index (χ2n) is 25.5. The smallest absolute Gasteiger partial charge is 0.489 e. The van der Waals surface area contributed by atoms with Crippen molar-refractivity contribution in [2.75, 3.05) is 17.7 Å². The van der Waals surface area contributed by atoms with Crippen molar-refractivity contribution in [1.82, 2.24) is 20.3 Å². The van der Waals surface area contributed by atoms with E-state index in [-0.39, 0.29) is 90.8 Å². The molecular weight excluding hydrogens is 1240 g/mol. The maximum absolute atomic E-state index is 13.2. The fourth-order valence-electron chi connectivity index (χ4n) is 14.0. The van der Waals surface area contributed by atoms with Crippen molar-refractivity contribution in [2.45, 2.75) is 186 Å². The molecule has 8 aromatic rings. The number of thiazole rings is 2. The summed E-state index contributed by atoms with van der Waals surface area (Å²) in [7, 11) is 1.36. The first-order valence-corrected chi connectivity index (χ1v) is 33.2. The summed E-state index contributed by atoms with van der Waals surface area (Å²) in [4.78, 5) is 22.1. The second-order valence-corrected chi connectivity index (χ2v) is 27.6. The minimum atomic E-state index is -4.83. The quantitative estimate of drug-likeness (QED) is 0.0426. The van der Waals surface area contributed by atoms with Gasteiger partial charge in [0.1, 0.15) is 56.9 Å². The predicted octanol–water partition coefficient (Wildman–Crippen LogP) is 16.7. The summed E-state index contributed by atoms with van der Waals surface area (Å²) >= 11 is 3.06. The van der Waals surface area contributed by atoms with Gasteiger partial charge in [-0.2, -0.15) is 0 Å². The third-order valence-electron chi connectivity index (χ3n) is 18.2. The molecule has 490 valence electrons. The number of nitrogens with zero attached hydrogens (tertiary/aromatic N) is 4. The van der Waals surface area contributed by atoms with E-state index in [2.05, 4.69) is 30.4 Å². The van der Waals surface area contributed by atoms with Gasteiger partial charge in [-0.25, -0.2) is 14.8 Å². The molecule has 0 saturated heterocycles. The fourth-order valence-corrected chi connectivity index (χ4v) is 16.0. The molecule has 4 heterocycles. The van der Waals surface area contributed by atoms with Crippen LogP contribution in [0.1, 0.15) is 155 Å². The monoisotopic (exact) mass is 1310 g/mol. The fraction of sp³-hybridized carbons (Fsp3) is 0.507. The Hall–Kier alpha value is -7.19. The molecule has 92 heavy (non-hydrogen) atoms. The number of esters is 1. The highest BCUT2D eigenvalue weighted by Crippen LogP contribution is 2.51. The average molecular weight is 1320 g/mol. The van der Waals surface area contributed by atoms with E-state index in [0.29, 0.717) is 80.3 Å². The minimum Gasteiger partial charge on any atom is -0.489 e. The van der Waals surface area contributed by atoms with Gasteiger partial charge in [0.25, 0.3) is 0 Å². The van der Waals surface area contributed by atoms with Crippen LogP contribution >= 0.6 is 22.7 Å². The van der Waals surface area contributed by atoms with E-state index in [9.17, 15) is 36.2 Å². The maximum atomic E-state index is 13.2. The number of carbonyl (C=O) groups excluding carboxylic acids is 1. The Balaban J connectivity index is 0.000000168. The molecule has 6 saturated carbocycles. The summed E-state index contributed by atoms with van der Waals surface area (Å²) < 4.78 is 131. The first-order chi connectivity index (χ1) is 44.2. The van der Waals surface area contributed by atoms with Crippen LogP contribution in [0.15, 0.2) is 81.8 Å². The summed E-state index contributed by atoms with van der Waals surface area (Å²) in [6.45, 7) is 8.16. The van der Waals surface area contributed by atoms with Crippen molar-refractivity contribution >= 4 is 59.3 Å². The molecule has 6 fully saturated rings. The Labute approximate surface area is 534 Å². The lowest BCUT2D eigenvalue weighted by Gasteiger charge is -2.35. The number of hydrogen-bond acceptors (Lipinski definition) is 19. The lowest BCUT2D eigenvalue weighted by molar-refractivity contribution is -0.275. The molecule has 0 aliphatic heterocycles. The van der Waals surface area contributed by atoms with Gasteiger partial charge in [-0.3, -0.25) is 0 Å². The number of carbonyl (C=O) groups is 1. The maximum Gasteiger partial charge on any atom is 0.573 e. The number of rotatable bonds is 22. The normalized spacial score (nSPS) is 22.8. The number of aromatic nitrogens is 4. The zero-order chi connectivity index (χ0) is 64.2. The number of halogens is 6. The van der Waals surface area contributed by atoms with Crippen LogP contribution in [0.4, 0.5) is 36.6 Å². The van der Waals surface area contributed by atoms with Crippen LogP contribution in [0.25, 0.3) is 42.9 Å².